The first-order valence-corrected chi connectivity index (χ1v) is 7.70. The highest BCUT2D eigenvalue weighted by Crippen LogP contribution is 2.22. The lowest BCUT2D eigenvalue weighted by Crippen LogP contribution is -2.13. The number of nitrogens with one attached hydrogen (secondary N) is 1. The predicted octanol–water partition coefficient (Wildman–Crippen LogP) is 3.15. The average molecular weight is 339 g/mol. The molecule has 7 heteroatoms. The second-order valence-corrected chi connectivity index (χ2v) is 5.66. The highest BCUT2D eigenvalue weighted by Gasteiger charge is 2.20. The number of ketones is 2. The Labute approximate surface area is 144 Å². The maximum atomic E-state index is 12.4. The summed E-state index contributed by atoms with van der Waals surface area (Å²) in [4.78, 5) is 27.0. The fraction of sp³-hybridized carbons (Fsp3) is 0.222. The zero-order valence-corrected chi connectivity index (χ0v) is 14.1. The molecule has 0 unspecified atom stereocenters. The van der Waals surface area contributed by atoms with Gasteiger partial charge >= 0.3 is 0 Å². The molecule has 0 amide bonds. The van der Waals surface area contributed by atoms with Crippen molar-refractivity contribution in [3.8, 4) is 17.2 Å². The molecule has 0 spiro atoms. The smallest absolute Gasteiger partial charge is 0.247 e. The summed E-state index contributed by atoms with van der Waals surface area (Å²) < 4.78 is 10.7. The Morgan fingerprint density at radius 1 is 1.20 bits per heavy atom. The SMILES string of the molecule is CC(=O)c1c(C)[nH]c(C(=O)COc2ccc(-c3nnco3)cc2)c1C. The fourth-order valence-electron chi connectivity index (χ4n) is 2.77. The summed E-state index contributed by atoms with van der Waals surface area (Å²) >= 11 is 0. The second-order valence-electron chi connectivity index (χ2n) is 5.66. The third kappa shape index (κ3) is 3.35. The number of rotatable bonds is 6. The van der Waals surface area contributed by atoms with E-state index in [-0.39, 0.29) is 18.2 Å². The molecule has 25 heavy (non-hydrogen) atoms. The number of Topliss-reactive ketones (excluding diaryl/α,β-unsaturated/α-hetero) is 2. The van der Waals surface area contributed by atoms with E-state index in [9.17, 15) is 9.59 Å². The number of hydrogen-bond donors (Lipinski definition) is 1. The summed E-state index contributed by atoms with van der Waals surface area (Å²) in [5.41, 5.74) is 3.08. The van der Waals surface area contributed by atoms with E-state index in [0.717, 1.165) is 5.56 Å². The van der Waals surface area contributed by atoms with E-state index in [1.807, 2.05) is 0 Å². The van der Waals surface area contributed by atoms with E-state index in [4.69, 9.17) is 9.15 Å². The number of aromatic amines is 1. The molecule has 1 N–H and O–H groups in total. The van der Waals surface area contributed by atoms with Gasteiger partial charge < -0.3 is 14.1 Å². The second kappa shape index (κ2) is 6.72. The van der Waals surface area contributed by atoms with Crippen molar-refractivity contribution in [3.05, 3.63) is 53.2 Å². The number of nitrogens with zero attached hydrogens (tertiary/aromatic N) is 2. The molecule has 128 valence electrons. The normalized spacial score (nSPS) is 10.7. The van der Waals surface area contributed by atoms with Crippen LogP contribution < -0.4 is 4.74 Å². The van der Waals surface area contributed by atoms with Gasteiger partial charge in [0.15, 0.2) is 12.4 Å². The highest BCUT2D eigenvalue weighted by atomic mass is 16.5. The Bertz CT molecular complexity index is 909. The molecule has 0 radical (unpaired) electrons. The van der Waals surface area contributed by atoms with Crippen molar-refractivity contribution in [2.45, 2.75) is 20.8 Å². The third-order valence-corrected chi connectivity index (χ3v) is 3.90. The van der Waals surface area contributed by atoms with Gasteiger partial charge in [-0.05, 0) is 50.6 Å². The minimum absolute atomic E-state index is 0.0668. The van der Waals surface area contributed by atoms with Gasteiger partial charge in [0.25, 0.3) is 0 Å². The van der Waals surface area contributed by atoms with Crippen molar-refractivity contribution < 1.29 is 18.7 Å². The molecule has 0 aliphatic carbocycles. The molecule has 0 saturated carbocycles. The van der Waals surface area contributed by atoms with E-state index in [0.29, 0.717) is 34.2 Å². The van der Waals surface area contributed by atoms with Crippen LogP contribution in [0.15, 0.2) is 35.1 Å². The molecular weight excluding hydrogens is 322 g/mol. The zero-order valence-electron chi connectivity index (χ0n) is 14.1. The number of carbonyl (C=O) groups is 2. The minimum atomic E-state index is -0.214. The molecule has 0 aliphatic heterocycles. The fourth-order valence-corrected chi connectivity index (χ4v) is 2.77. The molecule has 0 atom stereocenters. The maximum absolute atomic E-state index is 12.4. The van der Waals surface area contributed by atoms with E-state index >= 15 is 0 Å². The lowest BCUT2D eigenvalue weighted by molar-refractivity contribution is 0.0916. The van der Waals surface area contributed by atoms with Crippen molar-refractivity contribution >= 4 is 11.6 Å². The molecule has 3 rings (SSSR count). The van der Waals surface area contributed by atoms with Gasteiger partial charge in [-0.1, -0.05) is 0 Å². The first kappa shape index (κ1) is 16.6. The van der Waals surface area contributed by atoms with Crippen LogP contribution in [0, 0.1) is 13.8 Å². The lowest BCUT2D eigenvalue weighted by Gasteiger charge is -2.06. The minimum Gasteiger partial charge on any atom is -0.485 e. The van der Waals surface area contributed by atoms with Crippen molar-refractivity contribution in [1.29, 1.82) is 0 Å². The average Bonchev–Trinajstić information content (AvgIpc) is 3.21. The van der Waals surface area contributed by atoms with Gasteiger partial charge in [0.1, 0.15) is 5.75 Å². The Kier molecular flexibility index (Phi) is 4.47. The molecule has 0 bridgehead atoms. The van der Waals surface area contributed by atoms with Gasteiger partial charge in [0.2, 0.25) is 18.1 Å². The highest BCUT2D eigenvalue weighted by molar-refractivity contribution is 6.03. The van der Waals surface area contributed by atoms with Crippen LogP contribution in [0.1, 0.15) is 39.0 Å². The number of hydrogen-bond acceptors (Lipinski definition) is 6. The molecule has 3 aromatic rings. The topological polar surface area (TPSA) is 98.1 Å². The zero-order chi connectivity index (χ0) is 18.0. The van der Waals surface area contributed by atoms with E-state index in [1.165, 1.54) is 13.3 Å². The number of H-pyrrole nitrogens is 1. The van der Waals surface area contributed by atoms with Gasteiger partial charge in [0.05, 0.1) is 5.69 Å². The Morgan fingerprint density at radius 2 is 1.92 bits per heavy atom. The molecule has 0 fully saturated rings. The predicted molar refractivity (Wildman–Crippen MR) is 89.8 cm³/mol. The maximum Gasteiger partial charge on any atom is 0.247 e. The van der Waals surface area contributed by atoms with Crippen molar-refractivity contribution in [1.82, 2.24) is 15.2 Å². The molecule has 7 nitrogen and oxygen atoms in total. The lowest BCUT2D eigenvalue weighted by atomic mass is 10.1. The summed E-state index contributed by atoms with van der Waals surface area (Å²) in [7, 11) is 0. The van der Waals surface area contributed by atoms with Gasteiger partial charge in [0, 0.05) is 16.8 Å². The van der Waals surface area contributed by atoms with E-state index < -0.39 is 0 Å². The summed E-state index contributed by atoms with van der Waals surface area (Å²) in [5, 5.41) is 7.44. The van der Waals surface area contributed by atoms with Crippen LogP contribution >= 0.6 is 0 Å². The van der Waals surface area contributed by atoms with Crippen LogP contribution in [-0.4, -0.2) is 33.4 Å². The van der Waals surface area contributed by atoms with Crippen molar-refractivity contribution in [2.75, 3.05) is 6.61 Å². The number of benzene rings is 1. The van der Waals surface area contributed by atoms with Gasteiger partial charge in [-0.3, -0.25) is 9.59 Å². The molecule has 1 aromatic carbocycles. The summed E-state index contributed by atoms with van der Waals surface area (Å²) in [6, 6.07) is 6.98. The standard InChI is InChI=1S/C18H17N3O4/c1-10-16(12(3)22)11(2)20-17(10)15(23)8-24-14-6-4-13(5-7-14)18-21-19-9-25-18/h4-7,9,20H,8H2,1-3H3. The summed E-state index contributed by atoms with van der Waals surface area (Å²) in [6.07, 6.45) is 1.26. The van der Waals surface area contributed by atoms with Crippen LogP contribution in [0.4, 0.5) is 0 Å². The first-order chi connectivity index (χ1) is 12.0. The van der Waals surface area contributed by atoms with E-state index in [2.05, 4.69) is 15.2 Å². The van der Waals surface area contributed by atoms with Crippen LogP contribution in [0.5, 0.6) is 5.75 Å². The largest absolute Gasteiger partial charge is 0.485 e. The first-order valence-electron chi connectivity index (χ1n) is 7.70. The van der Waals surface area contributed by atoms with Crippen LogP contribution in [0.3, 0.4) is 0 Å². The number of carbonyl (C=O) groups excluding carboxylic acids is 2. The molecule has 2 heterocycles. The molecule has 0 saturated heterocycles. The van der Waals surface area contributed by atoms with Crippen molar-refractivity contribution in [3.63, 3.8) is 0 Å². The number of aromatic nitrogens is 3. The summed E-state index contributed by atoms with van der Waals surface area (Å²) in [6.45, 7) is 4.89. The Hall–Kier alpha value is -3.22. The third-order valence-electron chi connectivity index (χ3n) is 3.90. The van der Waals surface area contributed by atoms with Crippen molar-refractivity contribution in [2.24, 2.45) is 0 Å². The number of ether oxygens (including phenoxy) is 1. The monoisotopic (exact) mass is 339 g/mol. The molecule has 2 aromatic heterocycles. The quantitative estimate of drug-likeness (QED) is 0.693. The van der Waals surface area contributed by atoms with Crippen LogP contribution in [0.2, 0.25) is 0 Å². The van der Waals surface area contributed by atoms with Gasteiger partial charge in [-0.25, -0.2) is 0 Å². The van der Waals surface area contributed by atoms with Crippen LogP contribution in [-0.2, 0) is 0 Å². The van der Waals surface area contributed by atoms with Gasteiger partial charge in [-0.2, -0.15) is 0 Å². The van der Waals surface area contributed by atoms with E-state index in [1.54, 1.807) is 38.1 Å². The van der Waals surface area contributed by atoms with Gasteiger partial charge in [-0.15, -0.1) is 10.2 Å². The molecule has 0 aliphatic rings. The Morgan fingerprint density at radius 3 is 2.48 bits per heavy atom. The molecular formula is C18H17N3O4. The van der Waals surface area contributed by atoms with Crippen LogP contribution in [0.25, 0.3) is 11.5 Å². The summed E-state index contributed by atoms with van der Waals surface area (Å²) in [5.74, 6) is 0.679. The number of aryl methyl sites for hydroxylation is 1. The Balaban J connectivity index is 1.68.